The van der Waals surface area contributed by atoms with Gasteiger partial charge in [-0.15, -0.1) is 0 Å². The predicted octanol–water partition coefficient (Wildman–Crippen LogP) is 2.13. The van der Waals surface area contributed by atoms with Crippen LogP contribution in [0.1, 0.15) is 32.3 Å². The third kappa shape index (κ3) is 5.54. The van der Waals surface area contributed by atoms with Gasteiger partial charge in [0.15, 0.2) is 0 Å². The summed E-state index contributed by atoms with van der Waals surface area (Å²) >= 11 is 0. The molecule has 24 heavy (non-hydrogen) atoms. The zero-order chi connectivity index (χ0) is 17.7. The van der Waals surface area contributed by atoms with Crippen LogP contribution in [0, 0.1) is 16.0 Å². The molecule has 0 aromatic heterocycles. The quantitative estimate of drug-likeness (QED) is 0.597. The van der Waals surface area contributed by atoms with E-state index in [9.17, 15) is 18.5 Å². The fraction of sp³-hybridized carbons (Fsp3) is 0.625. The van der Waals surface area contributed by atoms with E-state index in [4.69, 9.17) is 0 Å². The Hall–Kier alpha value is -1.51. The lowest BCUT2D eigenvalue weighted by atomic mass is 9.99. The molecule has 0 radical (unpaired) electrons. The molecule has 1 aliphatic heterocycles. The highest BCUT2D eigenvalue weighted by molar-refractivity contribution is 7.88. The van der Waals surface area contributed by atoms with Crippen LogP contribution in [0.4, 0.5) is 5.69 Å². The van der Waals surface area contributed by atoms with Crippen molar-refractivity contribution in [2.45, 2.75) is 38.5 Å². The molecule has 0 unspecified atom stereocenters. The molecule has 2 rings (SSSR count). The SMILES string of the molecule is C[C@@H]1CCCN([C@@H](C)CNS(=O)(=O)Cc2ccc([N+](=O)[O-])cc2)C1. The molecule has 1 fully saturated rings. The number of likely N-dealkylation sites (tertiary alicyclic amines) is 1. The van der Waals surface area contributed by atoms with Gasteiger partial charge >= 0.3 is 0 Å². The Labute approximate surface area is 143 Å². The number of nitro groups is 1. The summed E-state index contributed by atoms with van der Waals surface area (Å²) in [6.45, 7) is 6.65. The summed E-state index contributed by atoms with van der Waals surface area (Å²) in [7, 11) is -3.46. The molecule has 0 spiro atoms. The zero-order valence-electron chi connectivity index (χ0n) is 14.1. The van der Waals surface area contributed by atoms with Gasteiger partial charge in [-0.05, 0) is 37.8 Å². The summed E-state index contributed by atoms with van der Waals surface area (Å²) in [5.41, 5.74) is 0.490. The highest BCUT2D eigenvalue weighted by atomic mass is 32.2. The van der Waals surface area contributed by atoms with Gasteiger partial charge in [0.05, 0.1) is 10.7 Å². The first-order chi connectivity index (χ1) is 11.3. The molecule has 134 valence electrons. The van der Waals surface area contributed by atoms with Crippen LogP contribution in [-0.4, -0.2) is 43.9 Å². The lowest BCUT2D eigenvalue weighted by Crippen LogP contribution is -2.46. The Kier molecular flexibility index (Phi) is 6.31. The maximum atomic E-state index is 12.2. The van der Waals surface area contributed by atoms with Crippen LogP contribution in [0.15, 0.2) is 24.3 Å². The van der Waals surface area contributed by atoms with E-state index in [1.807, 2.05) is 6.92 Å². The number of benzene rings is 1. The maximum Gasteiger partial charge on any atom is 0.269 e. The lowest BCUT2D eigenvalue weighted by molar-refractivity contribution is -0.384. The first kappa shape index (κ1) is 18.8. The Morgan fingerprint density at radius 3 is 2.62 bits per heavy atom. The molecule has 1 aromatic rings. The van der Waals surface area contributed by atoms with Crippen LogP contribution in [0.2, 0.25) is 0 Å². The number of rotatable bonds is 7. The Morgan fingerprint density at radius 2 is 2.04 bits per heavy atom. The lowest BCUT2D eigenvalue weighted by Gasteiger charge is -2.35. The van der Waals surface area contributed by atoms with Gasteiger partial charge < -0.3 is 0 Å². The van der Waals surface area contributed by atoms with E-state index in [0.717, 1.165) is 19.5 Å². The number of nitrogens with zero attached hydrogens (tertiary/aromatic N) is 2. The molecule has 1 aliphatic rings. The normalized spacial score (nSPS) is 20.7. The summed E-state index contributed by atoms with van der Waals surface area (Å²) in [5, 5.41) is 10.6. The van der Waals surface area contributed by atoms with Crippen molar-refractivity contribution in [3.8, 4) is 0 Å². The summed E-state index contributed by atoms with van der Waals surface area (Å²) in [6.07, 6.45) is 2.39. The van der Waals surface area contributed by atoms with Crippen LogP contribution >= 0.6 is 0 Å². The third-order valence-electron chi connectivity index (χ3n) is 4.41. The number of sulfonamides is 1. The molecule has 1 aromatic carbocycles. The van der Waals surface area contributed by atoms with Gasteiger partial charge in [-0.1, -0.05) is 19.1 Å². The van der Waals surface area contributed by atoms with Crippen LogP contribution in [0.25, 0.3) is 0 Å². The van der Waals surface area contributed by atoms with E-state index in [0.29, 0.717) is 18.0 Å². The predicted molar refractivity (Wildman–Crippen MR) is 93.2 cm³/mol. The van der Waals surface area contributed by atoms with Crippen LogP contribution in [-0.2, 0) is 15.8 Å². The summed E-state index contributed by atoms with van der Waals surface area (Å²) in [4.78, 5) is 12.4. The van der Waals surface area contributed by atoms with E-state index < -0.39 is 14.9 Å². The maximum absolute atomic E-state index is 12.2. The van der Waals surface area contributed by atoms with E-state index in [2.05, 4.69) is 16.5 Å². The second-order valence-corrected chi connectivity index (χ2v) is 8.43. The third-order valence-corrected chi connectivity index (χ3v) is 5.73. The number of nitrogens with one attached hydrogen (secondary N) is 1. The number of hydrogen-bond donors (Lipinski definition) is 1. The van der Waals surface area contributed by atoms with Crippen molar-refractivity contribution < 1.29 is 13.3 Å². The summed E-state index contributed by atoms with van der Waals surface area (Å²) in [5.74, 6) is 0.478. The zero-order valence-corrected chi connectivity index (χ0v) is 15.0. The molecule has 0 bridgehead atoms. The van der Waals surface area contributed by atoms with Crippen LogP contribution < -0.4 is 4.72 Å². The second-order valence-electron chi connectivity index (χ2n) is 6.62. The monoisotopic (exact) mass is 355 g/mol. The van der Waals surface area contributed by atoms with E-state index in [1.54, 1.807) is 0 Å². The van der Waals surface area contributed by atoms with Crippen molar-refractivity contribution in [3.63, 3.8) is 0 Å². The molecule has 0 aliphatic carbocycles. The van der Waals surface area contributed by atoms with Crippen molar-refractivity contribution in [2.24, 2.45) is 5.92 Å². The van der Waals surface area contributed by atoms with Crippen molar-refractivity contribution in [2.75, 3.05) is 19.6 Å². The fourth-order valence-electron chi connectivity index (χ4n) is 2.99. The molecule has 0 saturated carbocycles. The number of non-ortho nitro benzene ring substituents is 1. The standard InChI is InChI=1S/C16H25N3O4S/c1-13-4-3-9-18(11-13)14(2)10-17-24(22,23)12-15-5-7-16(8-6-15)19(20)21/h5-8,13-14,17H,3-4,9-12H2,1-2H3/t13-,14+/m1/s1. The second kappa shape index (κ2) is 8.04. The van der Waals surface area contributed by atoms with Crippen molar-refractivity contribution >= 4 is 15.7 Å². The molecule has 1 heterocycles. The molecule has 1 N–H and O–H groups in total. The molecular weight excluding hydrogens is 330 g/mol. The number of hydrogen-bond acceptors (Lipinski definition) is 5. The minimum Gasteiger partial charge on any atom is -0.299 e. The van der Waals surface area contributed by atoms with Gasteiger partial charge in [0, 0.05) is 31.3 Å². The molecule has 0 amide bonds. The van der Waals surface area contributed by atoms with Gasteiger partial charge in [-0.25, -0.2) is 13.1 Å². The van der Waals surface area contributed by atoms with Gasteiger partial charge in [0.2, 0.25) is 10.0 Å². The number of nitro benzene ring substituents is 1. The van der Waals surface area contributed by atoms with E-state index in [1.165, 1.54) is 30.7 Å². The summed E-state index contributed by atoms with van der Waals surface area (Å²) in [6, 6.07) is 5.75. The highest BCUT2D eigenvalue weighted by Gasteiger charge is 2.22. The molecule has 8 heteroatoms. The molecule has 7 nitrogen and oxygen atoms in total. The Bertz CT molecular complexity index is 660. The van der Waals surface area contributed by atoms with Gasteiger partial charge in [-0.3, -0.25) is 15.0 Å². The first-order valence-corrected chi connectivity index (χ1v) is 9.87. The van der Waals surface area contributed by atoms with Crippen LogP contribution in [0.3, 0.4) is 0 Å². The molecular formula is C16H25N3O4S. The van der Waals surface area contributed by atoms with E-state index in [-0.39, 0.29) is 17.5 Å². The minimum absolute atomic E-state index is 0.0445. The van der Waals surface area contributed by atoms with Gasteiger partial charge in [0.1, 0.15) is 0 Å². The van der Waals surface area contributed by atoms with Crippen molar-refractivity contribution in [1.29, 1.82) is 0 Å². The Balaban J connectivity index is 1.87. The van der Waals surface area contributed by atoms with Gasteiger partial charge in [0.25, 0.3) is 5.69 Å². The summed E-state index contributed by atoms with van der Waals surface area (Å²) < 4.78 is 27.1. The minimum atomic E-state index is -3.46. The Morgan fingerprint density at radius 1 is 1.38 bits per heavy atom. The fourth-order valence-corrected chi connectivity index (χ4v) is 4.22. The average molecular weight is 355 g/mol. The molecule has 1 saturated heterocycles. The van der Waals surface area contributed by atoms with E-state index >= 15 is 0 Å². The number of piperidine rings is 1. The highest BCUT2D eigenvalue weighted by Crippen LogP contribution is 2.18. The van der Waals surface area contributed by atoms with Gasteiger partial charge in [-0.2, -0.15) is 0 Å². The smallest absolute Gasteiger partial charge is 0.269 e. The average Bonchev–Trinajstić information content (AvgIpc) is 2.53. The first-order valence-electron chi connectivity index (χ1n) is 8.21. The molecule has 2 atom stereocenters. The van der Waals surface area contributed by atoms with Crippen molar-refractivity contribution in [1.82, 2.24) is 9.62 Å². The topological polar surface area (TPSA) is 92.6 Å². The largest absolute Gasteiger partial charge is 0.299 e. The van der Waals surface area contributed by atoms with Crippen LogP contribution in [0.5, 0.6) is 0 Å². The van der Waals surface area contributed by atoms with Crippen molar-refractivity contribution in [3.05, 3.63) is 39.9 Å².